The summed E-state index contributed by atoms with van der Waals surface area (Å²) in [6.07, 6.45) is 1.79. The molecule has 5 heteroatoms. The van der Waals surface area contributed by atoms with E-state index in [0.29, 0.717) is 23.4 Å². The molecule has 0 aliphatic rings. The van der Waals surface area contributed by atoms with Gasteiger partial charge in [-0.1, -0.05) is 0 Å². The second-order valence-electron chi connectivity index (χ2n) is 3.83. The molecule has 0 aliphatic heterocycles. The van der Waals surface area contributed by atoms with Crippen molar-refractivity contribution >= 4 is 16.8 Å². The van der Waals surface area contributed by atoms with Crippen LogP contribution in [0.1, 0.15) is 19.7 Å². The number of Topliss-reactive ketones (excluding diaryl/α,β-unsaturated/α-hetero) is 1. The van der Waals surface area contributed by atoms with Crippen LogP contribution in [-0.2, 0) is 17.8 Å². The molecular weight excluding hydrogens is 218 g/mol. The Morgan fingerprint density at radius 1 is 1.47 bits per heavy atom. The lowest BCUT2D eigenvalue weighted by Crippen LogP contribution is -2.21. The first-order valence-electron chi connectivity index (χ1n) is 5.47. The molecule has 0 bridgehead atoms. The Balaban J connectivity index is 2.77. The molecule has 5 nitrogen and oxygen atoms in total. The summed E-state index contributed by atoms with van der Waals surface area (Å²) < 4.78 is 1.80. The van der Waals surface area contributed by atoms with Gasteiger partial charge in [-0.05, 0) is 26.0 Å². The molecule has 2 aromatic heterocycles. The molecule has 0 saturated carbocycles. The normalized spacial score (nSPS) is 10.7. The first-order valence-corrected chi connectivity index (χ1v) is 5.47. The number of aromatic nitrogens is 3. The van der Waals surface area contributed by atoms with E-state index in [2.05, 4.69) is 9.97 Å². The summed E-state index contributed by atoms with van der Waals surface area (Å²) in [5, 5.41) is 0.488. The van der Waals surface area contributed by atoms with Gasteiger partial charge in [-0.25, -0.2) is 4.98 Å². The largest absolute Gasteiger partial charge is 0.314 e. The van der Waals surface area contributed by atoms with Gasteiger partial charge in [0.05, 0.1) is 11.8 Å². The zero-order chi connectivity index (χ0) is 12.4. The number of rotatable bonds is 3. The Hall–Kier alpha value is -2.04. The highest BCUT2D eigenvalue weighted by molar-refractivity contribution is 5.79. The molecule has 0 unspecified atom stereocenters. The molecule has 0 fully saturated rings. The van der Waals surface area contributed by atoms with Crippen LogP contribution in [0, 0.1) is 0 Å². The number of ketones is 1. The van der Waals surface area contributed by atoms with Crippen molar-refractivity contribution in [2.75, 3.05) is 0 Å². The molecule has 0 atom stereocenters. The number of nitrogens with zero attached hydrogens (tertiary/aromatic N) is 3. The fourth-order valence-electron chi connectivity index (χ4n) is 1.83. The van der Waals surface area contributed by atoms with E-state index in [1.165, 1.54) is 6.92 Å². The molecule has 0 saturated heterocycles. The molecule has 0 radical (unpaired) electrons. The maximum atomic E-state index is 11.8. The molecule has 0 N–H and O–H groups in total. The number of aryl methyl sites for hydroxylation is 1. The standard InChI is InChI=1S/C12H13N3O2/c1-3-15-10(7-8(2)16)14-12(17)9-5-4-6-13-11(9)15/h4-6H,3,7H2,1-2H3. The lowest BCUT2D eigenvalue weighted by molar-refractivity contribution is -0.116. The van der Waals surface area contributed by atoms with Gasteiger partial charge in [-0.3, -0.25) is 9.59 Å². The van der Waals surface area contributed by atoms with Gasteiger partial charge in [0.1, 0.15) is 17.3 Å². The highest BCUT2D eigenvalue weighted by Gasteiger charge is 2.11. The van der Waals surface area contributed by atoms with Crippen molar-refractivity contribution in [3.05, 3.63) is 34.5 Å². The number of fused-ring (bicyclic) bond motifs is 1. The van der Waals surface area contributed by atoms with Crippen molar-refractivity contribution in [3.8, 4) is 0 Å². The zero-order valence-electron chi connectivity index (χ0n) is 9.80. The van der Waals surface area contributed by atoms with E-state index in [1.54, 1.807) is 22.9 Å². The second-order valence-corrected chi connectivity index (χ2v) is 3.83. The van der Waals surface area contributed by atoms with Crippen LogP contribution in [0.5, 0.6) is 0 Å². The first-order chi connectivity index (χ1) is 8.13. The first kappa shape index (κ1) is 11.4. The molecule has 2 rings (SSSR count). The van der Waals surface area contributed by atoms with Gasteiger partial charge in [0, 0.05) is 12.7 Å². The number of carbonyl (C=O) groups excluding carboxylic acids is 1. The third kappa shape index (κ3) is 2.08. The molecule has 0 aliphatic carbocycles. The van der Waals surface area contributed by atoms with Crippen LogP contribution in [0.3, 0.4) is 0 Å². The van der Waals surface area contributed by atoms with Crippen LogP contribution in [0.15, 0.2) is 23.1 Å². The van der Waals surface area contributed by atoms with E-state index in [1.807, 2.05) is 6.92 Å². The van der Waals surface area contributed by atoms with E-state index in [-0.39, 0.29) is 17.8 Å². The fraction of sp³-hybridized carbons (Fsp3) is 0.333. The SMILES string of the molecule is CCn1c(CC(C)=O)nc(=O)c2cccnc21. The average molecular weight is 231 g/mol. The summed E-state index contributed by atoms with van der Waals surface area (Å²) in [6.45, 7) is 4.04. The molecule has 0 amide bonds. The van der Waals surface area contributed by atoms with Gasteiger partial charge in [-0.15, -0.1) is 0 Å². The van der Waals surface area contributed by atoms with Crippen LogP contribution in [0.4, 0.5) is 0 Å². The minimum absolute atomic E-state index is 0.0191. The monoisotopic (exact) mass is 231 g/mol. The third-order valence-electron chi connectivity index (χ3n) is 2.54. The van der Waals surface area contributed by atoms with Crippen LogP contribution in [0.2, 0.25) is 0 Å². The van der Waals surface area contributed by atoms with E-state index in [9.17, 15) is 9.59 Å². The smallest absolute Gasteiger partial charge is 0.282 e. The van der Waals surface area contributed by atoms with Crippen molar-refractivity contribution in [1.82, 2.24) is 14.5 Å². The molecular formula is C12H13N3O2. The lowest BCUT2D eigenvalue weighted by atomic mass is 10.2. The lowest BCUT2D eigenvalue weighted by Gasteiger charge is -2.11. The van der Waals surface area contributed by atoms with Crippen molar-refractivity contribution in [2.45, 2.75) is 26.8 Å². The number of hydrogen-bond donors (Lipinski definition) is 0. The van der Waals surface area contributed by atoms with Crippen molar-refractivity contribution in [3.63, 3.8) is 0 Å². The Morgan fingerprint density at radius 3 is 2.88 bits per heavy atom. The summed E-state index contributed by atoms with van der Waals surface area (Å²) in [5.74, 6) is 0.464. The zero-order valence-corrected chi connectivity index (χ0v) is 9.80. The highest BCUT2D eigenvalue weighted by Crippen LogP contribution is 2.08. The van der Waals surface area contributed by atoms with Crippen LogP contribution in [-0.4, -0.2) is 20.3 Å². The maximum Gasteiger partial charge on any atom is 0.282 e. The summed E-state index contributed by atoms with van der Waals surface area (Å²) in [4.78, 5) is 31.1. The van der Waals surface area contributed by atoms with Crippen LogP contribution in [0.25, 0.3) is 11.0 Å². The summed E-state index contributed by atoms with van der Waals surface area (Å²) in [7, 11) is 0. The fourth-order valence-corrected chi connectivity index (χ4v) is 1.83. The summed E-state index contributed by atoms with van der Waals surface area (Å²) in [5.41, 5.74) is 0.264. The van der Waals surface area contributed by atoms with Crippen molar-refractivity contribution in [1.29, 1.82) is 0 Å². The molecule has 2 aromatic rings. The Bertz CT molecular complexity index is 631. The van der Waals surface area contributed by atoms with Crippen molar-refractivity contribution < 1.29 is 4.79 Å². The van der Waals surface area contributed by atoms with Gasteiger partial charge >= 0.3 is 0 Å². The van der Waals surface area contributed by atoms with E-state index < -0.39 is 0 Å². The van der Waals surface area contributed by atoms with E-state index in [4.69, 9.17) is 0 Å². The maximum absolute atomic E-state index is 11.8. The van der Waals surface area contributed by atoms with Gasteiger partial charge in [0.15, 0.2) is 0 Å². The van der Waals surface area contributed by atoms with Gasteiger partial charge in [-0.2, -0.15) is 4.98 Å². The van der Waals surface area contributed by atoms with E-state index in [0.717, 1.165) is 0 Å². The predicted octanol–water partition coefficient (Wildman–Crippen LogP) is 0.943. The number of carbonyl (C=O) groups is 1. The van der Waals surface area contributed by atoms with Crippen LogP contribution >= 0.6 is 0 Å². The topological polar surface area (TPSA) is 64.8 Å². The molecule has 0 spiro atoms. The van der Waals surface area contributed by atoms with Gasteiger partial charge in [0.2, 0.25) is 0 Å². The van der Waals surface area contributed by atoms with Crippen molar-refractivity contribution in [2.24, 2.45) is 0 Å². The minimum Gasteiger partial charge on any atom is -0.314 e. The minimum atomic E-state index is -0.325. The molecule has 17 heavy (non-hydrogen) atoms. The Kier molecular flexibility index (Phi) is 2.99. The van der Waals surface area contributed by atoms with E-state index >= 15 is 0 Å². The van der Waals surface area contributed by atoms with Gasteiger partial charge < -0.3 is 4.57 Å². The van der Waals surface area contributed by atoms with Gasteiger partial charge in [0.25, 0.3) is 5.56 Å². The molecule has 2 heterocycles. The number of hydrogen-bond acceptors (Lipinski definition) is 4. The Labute approximate surface area is 98.1 Å². The highest BCUT2D eigenvalue weighted by atomic mass is 16.1. The quantitative estimate of drug-likeness (QED) is 0.788. The summed E-state index contributed by atoms with van der Waals surface area (Å²) >= 11 is 0. The molecule has 0 aromatic carbocycles. The van der Waals surface area contributed by atoms with Crippen LogP contribution < -0.4 is 5.56 Å². The molecule has 88 valence electrons. The number of pyridine rings is 1. The predicted molar refractivity (Wildman–Crippen MR) is 63.9 cm³/mol. The third-order valence-corrected chi connectivity index (χ3v) is 2.54. The Morgan fingerprint density at radius 2 is 2.24 bits per heavy atom. The second kappa shape index (κ2) is 4.45. The average Bonchev–Trinajstić information content (AvgIpc) is 2.29. The summed E-state index contributed by atoms with van der Waals surface area (Å²) in [6, 6.07) is 3.40.